The SMILES string of the molecule is Cc1ccc(S(=O)(=O)N[C@@H](c2ccccc2[N+](=O)[O-])c2c(O)c3ccccc3oc2=O)cc1. The molecule has 0 bridgehead atoms. The number of nitrogens with one attached hydrogen (secondary N) is 1. The van der Waals surface area contributed by atoms with Crippen LogP contribution in [0.4, 0.5) is 5.69 Å². The van der Waals surface area contributed by atoms with E-state index in [2.05, 4.69) is 4.72 Å². The number of para-hydroxylation sites is 2. The minimum atomic E-state index is -4.27. The zero-order valence-electron chi connectivity index (χ0n) is 17.3. The number of nitro groups is 1. The van der Waals surface area contributed by atoms with Crippen LogP contribution in [-0.4, -0.2) is 18.4 Å². The Bertz CT molecular complexity index is 1530. The largest absolute Gasteiger partial charge is 0.507 e. The van der Waals surface area contributed by atoms with Gasteiger partial charge in [0.05, 0.1) is 26.8 Å². The number of nitro benzene ring substituents is 1. The van der Waals surface area contributed by atoms with Crippen LogP contribution < -0.4 is 10.3 Å². The Balaban J connectivity index is 1.98. The lowest BCUT2D eigenvalue weighted by atomic mass is 9.97. The number of rotatable bonds is 6. The van der Waals surface area contributed by atoms with Gasteiger partial charge in [-0.2, -0.15) is 4.72 Å². The lowest BCUT2D eigenvalue weighted by molar-refractivity contribution is -0.385. The average Bonchev–Trinajstić information content (AvgIpc) is 2.78. The molecular weight excluding hydrogens is 448 g/mol. The van der Waals surface area contributed by atoms with Crippen LogP contribution in [0.2, 0.25) is 0 Å². The summed E-state index contributed by atoms with van der Waals surface area (Å²) in [4.78, 5) is 23.8. The van der Waals surface area contributed by atoms with Gasteiger partial charge in [0.2, 0.25) is 10.0 Å². The Morgan fingerprint density at radius 1 is 1.00 bits per heavy atom. The lowest BCUT2D eigenvalue weighted by Gasteiger charge is -2.20. The average molecular weight is 466 g/mol. The zero-order valence-corrected chi connectivity index (χ0v) is 18.1. The zero-order chi connectivity index (χ0) is 23.8. The lowest BCUT2D eigenvalue weighted by Crippen LogP contribution is -2.33. The first kappa shape index (κ1) is 22.2. The van der Waals surface area contributed by atoms with E-state index in [4.69, 9.17) is 4.42 Å². The molecule has 1 atom stereocenters. The maximum Gasteiger partial charge on any atom is 0.345 e. The highest BCUT2D eigenvalue weighted by Gasteiger charge is 2.33. The third-order valence-corrected chi connectivity index (χ3v) is 6.60. The summed E-state index contributed by atoms with van der Waals surface area (Å²) < 4.78 is 34.0. The van der Waals surface area contributed by atoms with Gasteiger partial charge in [0.1, 0.15) is 16.9 Å². The summed E-state index contributed by atoms with van der Waals surface area (Å²) in [5, 5.41) is 22.8. The third-order valence-electron chi connectivity index (χ3n) is 5.16. The highest BCUT2D eigenvalue weighted by atomic mass is 32.2. The van der Waals surface area contributed by atoms with Crippen LogP contribution >= 0.6 is 0 Å². The number of benzene rings is 3. The van der Waals surface area contributed by atoms with Gasteiger partial charge in [0, 0.05) is 6.07 Å². The molecule has 0 radical (unpaired) electrons. The van der Waals surface area contributed by atoms with Crippen molar-refractivity contribution in [3.63, 3.8) is 0 Å². The molecule has 0 saturated carbocycles. The molecule has 0 aliphatic rings. The van der Waals surface area contributed by atoms with Crippen molar-refractivity contribution in [2.45, 2.75) is 17.9 Å². The molecule has 1 aromatic heterocycles. The van der Waals surface area contributed by atoms with Gasteiger partial charge >= 0.3 is 5.63 Å². The molecule has 4 rings (SSSR count). The first-order chi connectivity index (χ1) is 15.7. The van der Waals surface area contributed by atoms with E-state index in [1.807, 2.05) is 0 Å². The van der Waals surface area contributed by atoms with Gasteiger partial charge in [-0.15, -0.1) is 0 Å². The van der Waals surface area contributed by atoms with E-state index in [1.54, 1.807) is 31.2 Å². The first-order valence-electron chi connectivity index (χ1n) is 9.76. The van der Waals surface area contributed by atoms with Gasteiger partial charge in [-0.05, 0) is 31.2 Å². The number of nitrogens with zero attached hydrogens (tertiary/aromatic N) is 1. The number of fused-ring (bicyclic) bond motifs is 1. The van der Waals surface area contributed by atoms with Crippen LogP contribution in [-0.2, 0) is 10.0 Å². The van der Waals surface area contributed by atoms with Crippen molar-refractivity contribution < 1.29 is 22.9 Å². The molecule has 1 heterocycles. The third kappa shape index (κ3) is 4.21. The smallest absolute Gasteiger partial charge is 0.345 e. The maximum atomic E-state index is 13.2. The number of hydrogen-bond donors (Lipinski definition) is 2. The van der Waals surface area contributed by atoms with E-state index in [-0.39, 0.29) is 21.4 Å². The Morgan fingerprint density at radius 2 is 1.64 bits per heavy atom. The number of aryl methyl sites for hydroxylation is 1. The van der Waals surface area contributed by atoms with Crippen LogP contribution in [0.3, 0.4) is 0 Å². The van der Waals surface area contributed by atoms with Crippen molar-refractivity contribution in [1.82, 2.24) is 4.72 Å². The summed E-state index contributed by atoms with van der Waals surface area (Å²) in [6.45, 7) is 1.79. The van der Waals surface area contributed by atoms with Crippen molar-refractivity contribution in [3.8, 4) is 5.75 Å². The molecule has 168 valence electrons. The van der Waals surface area contributed by atoms with E-state index in [0.29, 0.717) is 0 Å². The van der Waals surface area contributed by atoms with Gasteiger partial charge in [-0.1, -0.05) is 48.0 Å². The molecule has 33 heavy (non-hydrogen) atoms. The van der Waals surface area contributed by atoms with Crippen LogP contribution in [0, 0.1) is 17.0 Å². The molecule has 0 saturated heterocycles. The fraction of sp³-hybridized carbons (Fsp3) is 0.0870. The summed E-state index contributed by atoms with van der Waals surface area (Å²) in [6, 6.07) is 15.9. The molecule has 4 aromatic rings. The molecule has 0 spiro atoms. The van der Waals surface area contributed by atoms with Crippen molar-refractivity contribution in [3.05, 3.63) is 110 Å². The van der Waals surface area contributed by atoms with Gasteiger partial charge in [0.25, 0.3) is 5.69 Å². The molecular formula is C23H18N2O7S. The molecule has 0 fully saturated rings. The maximum absolute atomic E-state index is 13.2. The van der Waals surface area contributed by atoms with Crippen molar-refractivity contribution in [1.29, 1.82) is 0 Å². The van der Waals surface area contributed by atoms with Gasteiger partial charge < -0.3 is 9.52 Å². The summed E-state index contributed by atoms with van der Waals surface area (Å²) in [6.07, 6.45) is 0. The summed E-state index contributed by atoms with van der Waals surface area (Å²) in [7, 11) is -4.27. The standard InChI is InChI=1S/C23H18N2O7S/c1-14-10-12-15(13-11-14)33(30,31)24-21(16-6-2-4-8-18(16)25(28)29)20-22(26)17-7-3-5-9-19(17)32-23(20)27/h2-13,21,24,26H,1H3/t21-/m0/s1. The minimum Gasteiger partial charge on any atom is -0.507 e. The molecule has 9 nitrogen and oxygen atoms in total. The molecule has 2 N–H and O–H groups in total. The van der Waals surface area contributed by atoms with Gasteiger partial charge in [0.15, 0.2) is 0 Å². The second-order valence-corrected chi connectivity index (χ2v) is 9.05. The monoisotopic (exact) mass is 466 g/mol. The summed E-state index contributed by atoms with van der Waals surface area (Å²) in [5.74, 6) is -0.531. The molecule has 0 aliphatic heterocycles. The predicted octanol–water partition coefficient (Wildman–Crippen LogP) is 3.78. The molecule has 3 aromatic carbocycles. The van der Waals surface area contributed by atoms with E-state index in [9.17, 15) is 28.4 Å². The van der Waals surface area contributed by atoms with E-state index in [1.165, 1.54) is 48.5 Å². The number of sulfonamides is 1. The number of hydrogen-bond acceptors (Lipinski definition) is 7. The minimum absolute atomic E-state index is 0.0893. The van der Waals surface area contributed by atoms with Crippen molar-refractivity contribution >= 4 is 26.7 Å². The fourth-order valence-corrected chi connectivity index (χ4v) is 4.70. The predicted molar refractivity (Wildman–Crippen MR) is 121 cm³/mol. The Hall–Kier alpha value is -4.02. The molecule has 10 heteroatoms. The van der Waals surface area contributed by atoms with Crippen LogP contribution in [0.15, 0.2) is 86.9 Å². The van der Waals surface area contributed by atoms with Crippen molar-refractivity contribution in [2.75, 3.05) is 0 Å². The normalized spacial score (nSPS) is 12.5. The Morgan fingerprint density at radius 3 is 2.33 bits per heavy atom. The Kier molecular flexibility index (Phi) is 5.71. The number of aromatic hydroxyl groups is 1. The van der Waals surface area contributed by atoms with Crippen molar-refractivity contribution in [2.24, 2.45) is 0 Å². The molecule has 0 unspecified atom stereocenters. The fourth-order valence-electron chi connectivity index (χ4n) is 3.52. The summed E-state index contributed by atoms with van der Waals surface area (Å²) >= 11 is 0. The van der Waals surface area contributed by atoms with E-state index in [0.717, 1.165) is 5.56 Å². The highest BCUT2D eigenvalue weighted by Crippen LogP contribution is 2.36. The van der Waals surface area contributed by atoms with Crippen LogP contribution in [0.25, 0.3) is 11.0 Å². The van der Waals surface area contributed by atoms with Gasteiger partial charge in [-0.25, -0.2) is 13.2 Å². The Labute approximate surface area is 188 Å². The second-order valence-electron chi connectivity index (χ2n) is 7.33. The first-order valence-corrected chi connectivity index (χ1v) is 11.2. The molecule has 0 aliphatic carbocycles. The second kappa shape index (κ2) is 8.49. The highest BCUT2D eigenvalue weighted by molar-refractivity contribution is 7.89. The van der Waals surface area contributed by atoms with Crippen LogP contribution in [0.1, 0.15) is 22.7 Å². The van der Waals surface area contributed by atoms with E-state index < -0.39 is 43.6 Å². The van der Waals surface area contributed by atoms with Crippen LogP contribution in [0.5, 0.6) is 5.75 Å². The van der Waals surface area contributed by atoms with Gasteiger partial charge in [-0.3, -0.25) is 10.1 Å². The topological polar surface area (TPSA) is 140 Å². The van der Waals surface area contributed by atoms with E-state index >= 15 is 0 Å². The quantitative estimate of drug-likeness (QED) is 0.250. The summed E-state index contributed by atoms with van der Waals surface area (Å²) in [5.41, 5.74) is -1.12. The molecule has 0 amide bonds.